The predicted octanol–water partition coefficient (Wildman–Crippen LogP) is 4.86. The zero-order valence-corrected chi connectivity index (χ0v) is 12.1. The molecule has 0 spiro atoms. The fourth-order valence-electron chi connectivity index (χ4n) is 1.79. The van der Waals surface area contributed by atoms with Crippen LogP contribution in [0.25, 0.3) is 0 Å². The van der Waals surface area contributed by atoms with Crippen molar-refractivity contribution in [3.05, 3.63) is 63.1 Å². The Bertz CT molecular complexity index is 618. The highest BCUT2D eigenvalue weighted by Crippen LogP contribution is 2.26. The van der Waals surface area contributed by atoms with Crippen molar-refractivity contribution in [3.8, 4) is 0 Å². The topological polar surface area (TPSA) is 29.1 Å². The third kappa shape index (κ3) is 2.91. The number of benzene rings is 2. The summed E-state index contributed by atoms with van der Waals surface area (Å²) in [6.45, 7) is 3.95. The number of aryl methyl sites for hydroxylation is 1. The van der Waals surface area contributed by atoms with Crippen LogP contribution in [-0.4, -0.2) is 5.91 Å². The smallest absolute Gasteiger partial charge is 0.258 e. The summed E-state index contributed by atoms with van der Waals surface area (Å²) < 4.78 is 0. The number of nitrogens with one attached hydrogen (secondary N) is 1. The van der Waals surface area contributed by atoms with Gasteiger partial charge < -0.3 is 5.32 Å². The second-order valence-corrected chi connectivity index (χ2v) is 5.11. The first-order chi connectivity index (χ1) is 9.00. The molecule has 0 saturated carbocycles. The molecular weight excluding hydrogens is 281 g/mol. The molecule has 0 bridgehead atoms. The van der Waals surface area contributed by atoms with Gasteiger partial charge in [0.2, 0.25) is 0 Å². The maximum absolute atomic E-state index is 12.2. The molecule has 19 heavy (non-hydrogen) atoms. The van der Waals surface area contributed by atoms with Gasteiger partial charge in [-0.2, -0.15) is 0 Å². The van der Waals surface area contributed by atoms with Crippen LogP contribution in [0.15, 0.2) is 36.4 Å². The van der Waals surface area contributed by atoms with Crippen molar-refractivity contribution in [2.75, 3.05) is 5.32 Å². The van der Waals surface area contributed by atoms with Crippen LogP contribution in [0, 0.1) is 13.8 Å². The van der Waals surface area contributed by atoms with Gasteiger partial charge in [0, 0.05) is 5.69 Å². The summed E-state index contributed by atoms with van der Waals surface area (Å²) in [6.07, 6.45) is 0. The molecule has 0 aromatic heterocycles. The van der Waals surface area contributed by atoms with Crippen LogP contribution >= 0.6 is 23.2 Å². The minimum absolute atomic E-state index is 0.298. The lowest BCUT2D eigenvalue weighted by Crippen LogP contribution is -2.14. The van der Waals surface area contributed by atoms with E-state index in [1.165, 1.54) is 0 Å². The first-order valence-electron chi connectivity index (χ1n) is 5.82. The molecule has 4 heteroatoms. The Morgan fingerprint density at radius 1 is 1.00 bits per heavy atom. The van der Waals surface area contributed by atoms with Crippen molar-refractivity contribution in [2.24, 2.45) is 0 Å². The first-order valence-corrected chi connectivity index (χ1v) is 6.58. The Morgan fingerprint density at radius 2 is 1.58 bits per heavy atom. The van der Waals surface area contributed by atoms with E-state index in [-0.39, 0.29) is 5.91 Å². The van der Waals surface area contributed by atoms with E-state index in [0.717, 1.165) is 16.8 Å². The molecule has 0 aliphatic rings. The van der Waals surface area contributed by atoms with Gasteiger partial charge in [0.15, 0.2) is 0 Å². The molecule has 0 unspecified atom stereocenters. The van der Waals surface area contributed by atoms with Gasteiger partial charge in [-0.25, -0.2) is 0 Å². The number of hydrogen-bond acceptors (Lipinski definition) is 1. The number of hydrogen-bond donors (Lipinski definition) is 1. The molecule has 0 atom stereocenters. The summed E-state index contributed by atoms with van der Waals surface area (Å²) in [5.41, 5.74) is 3.20. The Morgan fingerprint density at radius 3 is 2.21 bits per heavy atom. The summed E-state index contributed by atoms with van der Waals surface area (Å²) >= 11 is 12.0. The maximum atomic E-state index is 12.2. The first kappa shape index (κ1) is 13.9. The molecule has 2 aromatic carbocycles. The van der Waals surface area contributed by atoms with E-state index >= 15 is 0 Å². The monoisotopic (exact) mass is 293 g/mol. The van der Waals surface area contributed by atoms with E-state index in [0.29, 0.717) is 15.6 Å². The lowest BCUT2D eigenvalue weighted by molar-refractivity contribution is 0.102. The van der Waals surface area contributed by atoms with Crippen LogP contribution in [0.3, 0.4) is 0 Å². The summed E-state index contributed by atoms with van der Waals surface area (Å²) in [5.74, 6) is -0.302. The fourth-order valence-corrected chi connectivity index (χ4v) is 2.36. The van der Waals surface area contributed by atoms with Gasteiger partial charge in [0.25, 0.3) is 5.91 Å². The van der Waals surface area contributed by atoms with Crippen LogP contribution < -0.4 is 5.32 Å². The quantitative estimate of drug-likeness (QED) is 0.841. The van der Waals surface area contributed by atoms with Crippen LogP contribution in [0.5, 0.6) is 0 Å². The molecule has 0 aliphatic carbocycles. The van der Waals surface area contributed by atoms with E-state index < -0.39 is 0 Å². The molecule has 0 heterocycles. The van der Waals surface area contributed by atoms with Gasteiger partial charge in [-0.1, -0.05) is 41.4 Å². The Labute approximate surface area is 122 Å². The van der Waals surface area contributed by atoms with E-state index in [1.807, 2.05) is 32.0 Å². The molecule has 2 nitrogen and oxygen atoms in total. The average molecular weight is 294 g/mol. The number of amides is 1. The van der Waals surface area contributed by atoms with Crippen molar-refractivity contribution < 1.29 is 4.79 Å². The van der Waals surface area contributed by atoms with Crippen LogP contribution in [0.4, 0.5) is 5.69 Å². The summed E-state index contributed by atoms with van der Waals surface area (Å²) in [4.78, 5) is 12.2. The number of anilines is 1. The third-order valence-electron chi connectivity index (χ3n) is 3.04. The van der Waals surface area contributed by atoms with Gasteiger partial charge in [-0.15, -0.1) is 0 Å². The summed E-state index contributed by atoms with van der Waals surface area (Å²) in [5, 5.41) is 3.53. The molecule has 0 saturated heterocycles. The Hall–Kier alpha value is -1.51. The van der Waals surface area contributed by atoms with E-state index in [4.69, 9.17) is 23.2 Å². The minimum Gasteiger partial charge on any atom is -0.322 e. The zero-order valence-electron chi connectivity index (χ0n) is 10.6. The molecule has 0 radical (unpaired) electrons. The van der Waals surface area contributed by atoms with E-state index in [2.05, 4.69) is 5.32 Å². The zero-order chi connectivity index (χ0) is 14.0. The number of carbonyl (C=O) groups is 1. The molecule has 0 fully saturated rings. The molecule has 98 valence electrons. The average Bonchev–Trinajstić information content (AvgIpc) is 2.35. The highest BCUT2D eigenvalue weighted by Gasteiger charge is 2.15. The largest absolute Gasteiger partial charge is 0.322 e. The fraction of sp³-hybridized carbons (Fsp3) is 0.133. The van der Waals surface area contributed by atoms with Crippen LogP contribution in [0.1, 0.15) is 21.5 Å². The lowest BCUT2D eigenvalue weighted by atomic mass is 10.1. The SMILES string of the molecule is Cc1cccc(NC(=O)c2c(Cl)cccc2Cl)c1C. The lowest BCUT2D eigenvalue weighted by Gasteiger charge is -2.12. The van der Waals surface area contributed by atoms with Crippen LogP contribution in [0.2, 0.25) is 10.0 Å². The standard InChI is InChI=1S/C15H13Cl2NO/c1-9-5-3-8-13(10(9)2)18-15(19)14-11(16)6-4-7-12(14)17/h3-8H,1-2H3,(H,18,19). The molecule has 1 amide bonds. The van der Waals surface area contributed by atoms with Gasteiger partial charge in [-0.05, 0) is 43.2 Å². The predicted molar refractivity (Wildman–Crippen MR) is 80.3 cm³/mol. The third-order valence-corrected chi connectivity index (χ3v) is 3.67. The molecular formula is C15H13Cl2NO. The molecule has 1 N–H and O–H groups in total. The molecule has 0 aliphatic heterocycles. The number of rotatable bonds is 2. The second kappa shape index (κ2) is 5.64. The van der Waals surface area contributed by atoms with E-state index in [9.17, 15) is 4.79 Å². The van der Waals surface area contributed by atoms with Gasteiger partial charge >= 0.3 is 0 Å². The number of halogens is 2. The summed E-state index contributed by atoms with van der Waals surface area (Å²) in [6, 6.07) is 10.7. The van der Waals surface area contributed by atoms with Crippen molar-refractivity contribution in [2.45, 2.75) is 13.8 Å². The van der Waals surface area contributed by atoms with Crippen molar-refractivity contribution in [3.63, 3.8) is 0 Å². The normalized spacial score (nSPS) is 10.3. The second-order valence-electron chi connectivity index (χ2n) is 4.30. The molecule has 2 rings (SSSR count). The van der Waals surface area contributed by atoms with Gasteiger partial charge in [0.05, 0.1) is 15.6 Å². The highest BCUT2D eigenvalue weighted by atomic mass is 35.5. The van der Waals surface area contributed by atoms with Gasteiger partial charge in [0.1, 0.15) is 0 Å². The Balaban J connectivity index is 2.34. The highest BCUT2D eigenvalue weighted by molar-refractivity contribution is 6.40. The van der Waals surface area contributed by atoms with E-state index in [1.54, 1.807) is 18.2 Å². The maximum Gasteiger partial charge on any atom is 0.258 e. The minimum atomic E-state index is -0.302. The van der Waals surface area contributed by atoms with Crippen molar-refractivity contribution in [1.29, 1.82) is 0 Å². The molecule has 2 aromatic rings. The van der Waals surface area contributed by atoms with Crippen molar-refractivity contribution >= 4 is 34.8 Å². The van der Waals surface area contributed by atoms with Crippen molar-refractivity contribution in [1.82, 2.24) is 0 Å². The number of carbonyl (C=O) groups excluding carboxylic acids is 1. The van der Waals surface area contributed by atoms with Gasteiger partial charge in [-0.3, -0.25) is 4.79 Å². The summed E-state index contributed by atoms with van der Waals surface area (Å²) in [7, 11) is 0. The van der Waals surface area contributed by atoms with Crippen LogP contribution in [-0.2, 0) is 0 Å². The Kier molecular flexibility index (Phi) is 4.13.